The van der Waals surface area contributed by atoms with E-state index in [9.17, 15) is 18.0 Å². The number of sulfonamides is 1. The number of benzene rings is 2. The van der Waals surface area contributed by atoms with Crippen LogP contribution in [0.2, 0.25) is 0 Å². The van der Waals surface area contributed by atoms with E-state index < -0.39 is 15.8 Å². The van der Waals surface area contributed by atoms with Crippen LogP contribution in [0.3, 0.4) is 0 Å². The van der Waals surface area contributed by atoms with Crippen LogP contribution in [-0.2, 0) is 17.1 Å². The maximum Gasteiger partial charge on any atom is 0.419 e. The number of aromatic nitrogens is 1. The molecule has 0 spiro atoms. The standard InChI is InChI=1S/C21H23N3O5S/c1-14-10-15(2)12-16(11-14)20(25)23-6-8-24(9-7-23)30(27,28)17-4-5-18-19(13-17)29-21(26)22(18)3/h4-5,10-13H,6-9H2,1-3H3. The van der Waals surface area contributed by atoms with Gasteiger partial charge in [-0.3, -0.25) is 9.36 Å². The minimum Gasteiger partial charge on any atom is -0.408 e. The zero-order chi connectivity index (χ0) is 21.6. The molecule has 8 nitrogen and oxygen atoms in total. The van der Waals surface area contributed by atoms with Crippen LogP contribution in [0, 0.1) is 13.8 Å². The summed E-state index contributed by atoms with van der Waals surface area (Å²) in [6.07, 6.45) is 0. The first-order chi connectivity index (χ1) is 14.2. The summed E-state index contributed by atoms with van der Waals surface area (Å²) in [5, 5.41) is 0. The van der Waals surface area contributed by atoms with Crippen LogP contribution in [0.5, 0.6) is 0 Å². The highest BCUT2D eigenvalue weighted by Crippen LogP contribution is 2.23. The molecule has 2 heterocycles. The van der Waals surface area contributed by atoms with Gasteiger partial charge in [-0.05, 0) is 38.1 Å². The number of hydrogen-bond acceptors (Lipinski definition) is 5. The van der Waals surface area contributed by atoms with Crippen LogP contribution in [-0.4, -0.2) is 54.3 Å². The van der Waals surface area contributed by atoms with Gasteiger partial charge in [-0.2, -0.15) is 4.31 Å². The lowest BCUT2D eigenvalue weighted by Gasteiger charge is -2.34. The molecule has 1 aliphatic heterocycles. The van der Waals surface area contributed by atoms with Crippen molar-refractivity contribution >= 4 is 27.0 Å². The second kappa shape index (κ2) is 7.41. The highest BCUT2D eigenvalue weighted by atomic mass is 32.2. The Morgan fingerprint density at radius 1 is 0.967 bits per heavy atom. The number of hydrogen-bond donors (Lipinski definition) is 0. The Kier molecular flexibility index (Phi) is 5.03. The minimum atomic E-state index is -3.76. The Morgan fingerprint density at radius 2 is 1.60 bits per heavy atom. The molecule has 9 heteroatoms. The second-order valence-corrected chi connectivity index (χ2v) is 9.57. The number of rotatable bonds is 3. The van der Waals surface area contributed by atoms with Crippen molar-refractivity contribution < 1.29 is 17.6 Å². The van der Waals surface area contributed by atoms with Gasteiger partial charge in [0.05, 0.1) is 10.4 Å². The molecular formula is C21H23N3O5S. The van der Waals surface area contributed by atoms with Crippen molar-refractivity contribution in [3.05, 3.63) is 63.6 Å². The van der Waals surface area contributed by atoms with Gasteiger partial charge in [-0.15, -0.1) is 0 Å². The SMILES string of the molecule is Cc1cc(C)cc(C(=O)N2CCN(S(=O)(=O)c3ccc4c(c3)oc(=O)n4C)CC2)c1. The molecule has 0 radical (unpaired) electrons. The van der Waals surface area contributed by atoms with Crippen molar-refractivity contribution in [1.82, 2.24) is 13.8 Å². The lowest BCUT2D eigenvalue weighted by molar-refractivity contribution is 0.0697. The first kappa shape index (κ1) is 20.4. The van der Waals surface area contributed by atoms with Gasteiger partial charge in [0.25, 0.3) is 5.91 Å². The average molecular weight is 429 g/mol. The molecule has 0 bridgehead atoms. The lowest BCUT2D eigenvalue weighted by atomic mass is 10.1. The van der Waals surface area contributed by atoms with Crippen LogP contribution < -0.4 is 5.76 Å². The van der Waals surface area contributed by atoms with Crippen molar-refractivity contribution in [2.24, 2.45) is 7.05 Å². The molecule has 1 aliphatic rings. The first-order valence-electron chi connectivity index (χ1n) is 9.64. The number of aryl methyl sites for hydroxylation is 3. The molecule has 1 saturated heterocycles. The Hall–Kier alpha value is -2.91. The monoisotopic (exact) mass is 429 g/mol. The summed E-state index contributed by atoms with van der Waals surface area (Å²) >= 11 is 0. The maximum absolute atomic E-state index is 13.1. The summed E-state index contributed by atoms with van der Waals surface area (Å²) in [6, 6.07) is 10.1. The van der Waals surface area contributed by atoms with E-state index in [1.807, 2.05) is 32.0 Å². The van der Waals surface area contributed by atoms with E-state index in [4.69, 9.17) is 4.42 Å². The van der Waals surface area contributed by atoms with E-state index >= 15 is 0 Å². The van der Waals surface area contributed by atoms with E-state index in [2.05, 4.69) is 0 Å². The third-order valence-electron chi connectivity index (χ3n) is 5.40. The summed E-state index contributed by atoms with van der Waals surface area (Å²) in [4.78, 5) is 26.2. The van der Waals surface area contributed by atoms with Gasteiger partial charge in [-0.25, -0.2) is 13.2 Å². The third kappa shape index (κ3) is 3.54. The van der Waals surface area contributed by atoms with Crippen molar-refractivity contribution in [3.63, 3.8) is 0 Å². The summed E-state index contributed by atoms with van der Waals surface area (Å²) in [7, 11) is -2.20. The van der Waals surface area contributed by atoms with E-state index in [1.165, 1.54) is 21.0 Å². The maximum atomic E-state index is 13.1. The van der Waals surface area contributed by atoms with Crippen molar-refractivity contribution in [1.29, 1.82) is 0 Å². The van der Waals surface area contributed by atoms with Gasteiger partial charge in [0.1, 0.15) is 0 Å². The van der Waals surface area contributed by atoms with Crippen LogP contribution in [0.4, 0.5) is 0 Å². The second-order valence-electron chi connectivity index (χ2n) is 7.63. The predicted octanol–water partition coefficient (Wildman–Crippen LogP) is 1.90. The van der Waals surface area contributed by atoms with Gasteiger partial charge >= 0.3 is 5.76 Å². The molecule has 0 unspecified atom stereocenters. The summed E-state index contributed by atoms with van der Waals surface area (Å²) < 4.78 is 33.9. The van der Waals surface area contributed by atoms with Crippen LogP contribution in [0.15, 0.2) is 50.5 Å². The molecule has 0 saturated carbocycles. The van der Waals surface area contributed by atoms with Crippen molar-refractivity contribution in [2.45, 2.75) is 18.7 Å². The summed E-state index contributed by atoms with van der Waals surface area (Å²) in [5.74, 6) is -0.635. The zero-order valence-electron chi connectivity index (χ0n) is 17.1. The van der Waals surface area contributed by atoms with Crippen LogP contribution >= 0.6 is 0 Å². The molecule has 0 N–H and O–H groups in total. The average Bonchev–Trinajstić information content (AvgIpc) is 3.00. The Bertz CT molecular complexity index is 1280. The molecule has 3 aromatic rings. The smallest absolute Gasteiger partial charge is 0.408 e. The van der Waals surface area contributed by atoms with Gasteiger partial charge < -0.3 is 9.32 Å². The van der Waals surface area contributed by atoms with Crippen LogP contribution in [0.25, 0.3) is 11.1 Å². The topological polar surface area (TPSA) is 92.8 Å². The Balaban J connectivity index is 1.51. The molecular weight excluding hydrogens is 406 g/mol. The molecule has 1 fully saturated rings. The molecule has 2 aromatic carbocycles. The predicted molar refractivity (Wildman–Crippen MR) is 112 cm³/mol. The Morgan fingerprint density at radius 3 is 2.23 bits per heavy atom. The first-order valence-corrected chi connectivity index (χ1v) is 11.1. The van der Waals surface area contributed by atoms with Gasteiger partial charge in [0, 0.05) is 44.9 Å². The summed E-state index contributed by atoms with van der Waals surface area (Å²) in [5.41, 5.74) is 3.41. The minimum absolute atomic E-state index is 0.0680. The molecule has 1 aromatic heterocycles. The quantitative estimate of drug-likeness (QED) is 0.634. The van der Waals surface area contributed by atoms with Crippen molar-refractivity contribution in [2.75, 3.05) is 26.2 Å². The largest absolute Gasteiger partial charge is 0.419 e. The highest BCUT2D eigenvalue weighted by molar-refractivity contribution is 7.89. The molecule has 1 amide bonds. The van der Waals surface area contributed by atoms with E-state index in [1.54, 1.807) is 18.0 Å². The fourth-order valence-electron chi connectivity index (χ4n) is 3.84. The normalized spacial score (nSPS) is 15.6. The van der Waals surface area contributed by atoms with Gasteiger partial charge in [0.2, 0.25) is 10.0 Å². The highest BCUT2D eigenvalue weighted by Gasteiger charge is 2.31. The fraction of sp³-hybridized carbons (Fsp3) is 0.333. The number of nitrogens with zero attached hydrogens (tertiary/aromatic N) is 3. The third-order valence-corrected chi connectivity index (χ3v) is 7.29. The molecule has 30 heavy (non-hydrogen) atoms. The van der Waals surface area contributed by atoms with Crippen molar-refractivity contribution in [3.8, 4) is 0 Å². The number of carbonyl (C=O) groups excluding carboxylic acids is 1. The molecule has 0 atom stereocenters. The Labute approximate surface area is 174 Å². The summed E-state index contributed by atoms with van der Waals surface area (Å²) in [6.45, 7) is 4.92. The number of oxazole rings is 1. The number of piperazine rings is 1. The number of carbonyl (C=O) groups is 1. The van der Waals surface area contributed by atoms with E-state index in [0.717, 1.165) is 11.1 Å². The van der Waals surface area contributed by atoms with Gasteiger partial charge in [-0.1, -0.05) is 17.2 Å². The fourth-order valence-corrected chi connectivity index (χ4v) is 5.27. The van der Waals surface area contributed by atoms with E-state index in [-0.39, 0.29) is 29.5 Å². The molecule has 0 aliphatic carbocycles. The zero-order valence-corrected chi connectivity index (χ0v) is 17.9. The number of fused-ring (bicyclic) bond motifs is 1. The van der Waals surface area contributed by atoms with Crippen LogP contribution in [0.1, 0.15) is 21.5 Å². The number of amides is 1. The van der Waals surface area contributed by atoms with E-state index in [0.29, 0.717) is 24.2 Å². The molecule has 4 rings (SSSR count). The lowest BCUT2D eigenvalue weighted by Crippen LogP contribution is -2.50. The van der Waals surface area contributed by atoms with Gasteiger partial charge in [0.15, 0.2) is 5.58 Å². The molecule has 158 valence electrons.